The molecule has 0 aliphatic rings. The van der Waals surface area contributed by atoms with Crippen molar-refractivity contribution >= 4 is 17.5 Å². The first-order valence-corrected chi connectivity index (χ1v) is 6.52. The van der Waals surface area contributed by atoms with Crippen molar-refractivity contribution in [3.8, 4) is 0 Å². The Morgan fingerprint density at radius 3 is 2.48 bits per heavy atom. The molecule has 1 aromatic rings. The van der Waals surface area contributed by atoms with Crippen LogP contribution in [0.5, 0.6) is 0 Å². The van der Waals surface area contributed by atoms with E-state index in [1.54, 1.807) is 6.92 Å². The molecule has 0 aliphatic carbocycles. The van der Waals surface area contributed by atoms with Gasteiger partial charge in [-0.25, -0.2) is 0 Å². The summed E-state index contributed by atoms with van der Waals surface area (Å²) in [5, 5.41) is 13.4. The lowest BCUT2D eigenvalue weighted by Crippen LogP contribution is -2.40. The van der Waals surface area contributed by atoms with Gasteiger partial charge in [-0.2, -0.15) is 0 Å². The van der Waals surface area contributed by atoms with E-state index in [2.05, 4.69) is 5.32 Å². The Morgan fingerprint density at radius 2 is 2.00 bits per heavy atom. The second kappa shape index (κ2) is 6.83. The van der Waals surface area contributed by atoms with E-state index in [0.29, 0.717) is 11.1 Å². The summed E-state index contributed by atoms with van der Waals surface area (Å²) < 4.78 is 0. The fourth-order valence-corrected chi connectivity index (χ4v) is 1.87. The lowest BCUT2D eigenvalue weighted by molar-refractivity contribution is -0.385. The second-order valence-corrected chi connectivity index (χ2v) is 5.14. The predicted molar refractivity (Wildman–Crippen MR) is 78.1 cm³/mol. The Labute approximate surface area is 123 Å². The van der Waals surface area contributed by atoms with Crippen LogP contribution in [0.25, 0.3) is 0 Å². The van der Waals surface area contributed by atoms with Gasteiger partial charge in [0.05, 0.1) is 11.5 Å². The second-order valence-electron chi connectivity index (χ2n) is 5.14. The Bertz CT molecular complexity index is 569. The fraction of sp³-hybridized carbons (Fsp3) is 0.429. The van der Waals surface area contributed by atoms with Crippen molar-refractivity contribution in [3.63, 3.8) is 0 Å². The minimum Gasteiger partial charge on any atom is -0.352 e. The van der Waals surface area contributed by atoms with E-state index >= 15 is 0 Å². The average Bonchev–Trinajstić information content (AvgIpc) is 2.35. The van der Waals surface area contributed by atoms with Gasteiger partial charge in [-0.15, -0.1) is 0 Å². The van der Waals surface area contributed by atoms with Crippen LogP contribution in [0.15, 0.2) is 18.2 Å². The highest BCUT2D eigenvalue weighted by atomic mass is 16.6. The monoisotopic (exact) mass is 293 g/mol. The zero-order chi connectivity index (χ0) is 16.2. The number of nitro benzene ring substituents is 1. The number of nitro groups is 1. The molecule has 0 saturated heterocycles. The van der Waals surface area contributed by atoms with Crippen LogP contribution in [-0.4, -0.2) is 41.3 Å². The molecular formula is C14H19N3O4. The Kier molecular flexibility index (Phi) is 5.40. The van der Waals surface area contributed by atoms with Crippen LogP contribution < -0.4 is 5.32 Å². The van der Waals surface area contributed by atoms with Gasteiger partial charge in [0.1, 0.15) is 0 Å². The molecule has 1 rings (SSSR count). The van der Waals surface area contributed by atoms with Gasteiger partial charge >= 0.3 is 0 Å². The molecule has 0 spiro atoms. The molecule has 0 aromatic heterocycles. The Morgan fingerprint density at radius 1 is 1.38 bits per heavy atom. The quantitative estimate of drug-likeness (QED) is 0.657. The number of rotatable bonds is 5. The number of likely N-dealkylation sites (N-methyl/N-ethyl adjacent to an activating group) is 1. The number of amides is 2. The number of carbonyl (C=O) groups is 2. The highest BCUT2D eigenvalue weighted by Gasteiger charge is 2.18. The molecule has 0 aliphatic heterocycles. The highest BCUT2D eigenvalue weighted by Crippen LogP contribution is 2.19. The fourth-order valence-electron chi connectivity index (χ4n) is 1.87. The number of benzene rings is 1. The molecular weight excluding hydrogens is 274 g/mol. The summed E-state index contributed by atoms with van der Waals surface area (Å²) in [5.74, 6) is -0.605. The molecule has 21 heavy (non-hydrogen) atoms. The van der Waals surface area contributed by atoms with Crippen molar-refractivity contribution in [1.82, 2.24) is 10.2 Å². The third kappa shape index (κ3) is 4.55. The number of aryl methyl sites for hydroxylation is 1. The smallest absolute Gasteiger partial charge is 0.272 e. The number of hydrogen-bond acceptors (Lipinski definition) is 4. The molecule has 0 heterocycles. The number of nitrogens with zero attached hydrogens (tertiary/aromatic N) is 2. The van der Waals surface area contributed by atoms with Crippen molar-refractivity contribution in [2.24, 2.45) is 0 Å². The molecule has 0 atom stereocenters. The molecule has 0 saturated carbocycles. The maximum Gasteiger partial charge on any atom is 0.272 e. The number of carbonyl (C=O) groups excluding carboxylic acids is 2. The van der Waals surface area contributed by atoms with Crippen LogP contribution in [0, 0.1) is 17.0 Å². The van der Waals surface area contributed by atoms with Gasteiger partial charge in [-0.05, 0) is 32.9 Å². The summed E-state index contributed by atoms with van der Waals surface area (Å²) in [6.07, 6.45) is 0. The first-order chi connectivity index (χ1) is 9.72. The minimum absolute atomic E-state index is 0.00243. The van der Waals surface area contributed by atoms with Gasteiger partial charge < -0.3 is 10.2 Å². The largest absolute Gasteiger partial charge is 0.352 e. The van der Waals surface area contributed by atoms with Gasteiger partial charge in [0, 0.05) is 30.3 Å². The number of nitrogens with one attached hydrogen (secondary N) is 1. The van der Waals surface area contributed by atoms with E-state index in [4.69, 9.17) is 0 Å². The zero-order valence-electron chi connectivity index (χ0n) is 12.5. The SMILES string of the molecule is Cc1cc(C(=O)N(C)CC(=O)NC(C)C)ccc1[N+](=O)[O-]. The molecule has 0 fully saturated rings. The molecule has 1 aromatic carbocycles. The molecule has 2 amide bonds. The third-order valence-corrected chi connectivity index (χ3v) is 2.82. The summed E-state index contributed by atoms with van der Waals surface area (Å²) in [6, 6.07) is 4.15. The lowest BCUT2D eigenvalue weighted by Gasteiger charge is -2.18. The van der Waals surface area contributed by atoms with E-state index in [1.807, 2.05) is 13.8 Å². The van der Waals surface area contributed by atoms with Crippen LogP contribution in [0.3, 0.4) is 0 Å². The van der Waals surface area contributed by atoms with E-state index in [9.17, 15) is 19.7 Å². The molecule has 1 N–H and O–H groups in total. The van der Waals surface area contributed by atoms with Gasteiger partial charge in [0.2, 0.25) is 5.91 Å². The maximum absolute atomic E-state index is 12.2. The van der Waals surface area contributed by atoms with Crippen molar-refractivity contribution in [3.05, 3.63) is 39.4 Å². The van der Waals surface area contributed by atoms with Crippen LogP contribution in [0.1, 0.15) is 29.8 Å². The molecule has 0 unspecified atom stereocenters. The first-order valence-electron chi connectivity index (χ1n) is 6.52. The summed E-state index contributed by atoms with van der Waals surface area (Å²) in [7, 11) is 1.51. The van der Waals surface area contributed by atoms with Crippen molar-refractivity contribution in [2.45, 2.75) is 26.8 Å². The molecule has 114 valence electrons. The average molecular weight is 293 g/mol. The van der Waals surface area contributed by atoms with Gasteiger partial charge in [-0.1, -0.05) is 0 Å². The van der Waals surface area contributed by atoms with Gasteiger partial charge in [-0.3, -0.25) is 19.7 Å². The topological polar surface area (TPSA) is 92.6 Å². The Balaban J connectivity index is 2.81. The first kappa shape index (κ1) is 16.6. The standard InChI is InChI=1S/C14H19N3O4/c1-9(2)15-13(18)8-16(4)14(19)11-5-6-12(17(20)21)10(3)7-11/h5-7,9H,8H2,1-4H3,(H,15,18). The molecule has 0 bridgehead atoms. The van der Waals surface area contributed by atoms with Crippen molar-refractivity contribution < 1.29 is 14.5 Å². The summed E-state index contributed by atoms with van der Waals surface area (Å²) in [4.78, 5) is 35.3. The summed E-state index contributed by atoms with van der Waals surface area (Å²) in [6.45, 7) is 5.17. The van der Waals surface area contributed by atoms with E-state index in [1.165, 1.54) is 30.1 Å². The minimum atomic E-state index is -0.497. The lowest BCUT2D eigenvalue weighted by atomic mass is 10.1. The zero-order valence-corrected chi connectivity index (χ0v) is 12.5. The van der Waals surface area contributed by atoms with Crippen LogP contribution in [-0.2, 0) is 4.79 Å². The normalized spacial score (nSPS) is 10.3. The Hall–Kier alpha value is -2.44. The third-order valence-electron chi connectivity index (χ3n) is 2.82. The van der Waals surface area contributed by atoms with Gasteiger partial charge in [0.15, 0.2) is 0 Å². The van der Waals surface area contributed by atoms with Crippen molar-refractivity contribution in [1.29, 1.82) is 0 Å². The van der Waals surface area contributed by atoms with E-state index < -0.39 is 4.92 Å². The maximum atomic E-state index is 12.2. The van der Waals surface area contributed by atoms with Crippen molar-refractivity contribution in [2.75, 3.05) is 13.6 Å². The number of hydrogen-bond donors (Lipinski definition) is 1. The highest BCUT2D eigenvalue weighted by molar-refractivity contribution is 5.96. The molecule has 0 radical (unpaired) electrons. The van der Waals surface area contributed by atoms with Crippen LogP contribution in [0.4, 0.5) is 5.69 Å². The van der Waals surface area contributed by atoms with Gasteiger partial charge in [0.25, 0.3) is 11.6 Å². The molecule has 7 nitrogen and oxygen atoms in total. The van der Waals surface area contributed by atoms with E-state index in [-0.39, 0.29) is 30.1 Å². The van der Waals surface area contributed by atoms with Crippen LogP contribution >= 0.6 is 0 Å². The summed E-state index contributed by atoms with van der Waals surface area (Å²) >= 11 is 0. The summed E-state index contributed by atoms with van der Waals surface area (Å²) in [5.41, 5.74) is 0.690. The predicted octanol–water partition coefficient (Wildman–Crippen LogP) is 1.50. The van der Waals surface area contributed by atoms with Crippen LogP contribution in [0.2, 0.25) is 0 Å². The van der Waals surface area contributed by atoms with E-state index in [0.717, 1.165) is 0 Å². The molecule has 7 heteroatoms.